The number of halogens is 1. The van der Waals surface area contributed by atoms with E-state index in [-0.39, 0.29) is 17.8 Å². The highest BCUT2D eigenvalue weighted by atomic mass is 19.1. The number of hydrogen-bond donors (Lipinski definition) is 2. The molecule has 3 N–H and O–H groups in total. The minimum Gasteiger partial charge on any atom is -0.371 e. The van der Waals surface area contributed by atoms with Crippen LogP contribution in [0, 0.1) is 5.82 Å². The smallest absolute Gasteiger partial charge is 0.239 e. The van der Waals surface area contributed by atoms with Crippen LogP contribution in [0.1, 0.15) is 24.4 Å². The van der Waals surface area contributed by atoms with Gasteiger partial charge in [-0.15, -0.1) is 0 Å². The van der Waals surface area contributed by atoms with Crippen LogP contribution >= 0.6 is 0 Å². The van der Waals surface area contributed by atoms with Crippen LogP contribution in [-0.2, 0) is 4.79 Å². The van der Waals surface area contributed by atoms with Gasteiger partial charge in [-0.25, -0.2) is 4.39 Å². The van der Waals surface area contributed by atoms with E-state index in [1.54, 1.807) is 12.1 Å². The van der Waals surface area contributed by atoms with Crippen molar-refractivity contribution in [3.8, 4) is 0 Å². The van der Waals surface area contributed by atoms with Gasteiger partial charge in [0.2, 0.25) is 5.91 Å². The fourth-order valence-electron chi connectivity index (χ4n) is 3.20. The summed E-state index contributed by atoms with van der Waals surface area (Å²) in [5.41, 5.74) is 7.36. The summed E-state index contributed by atoms with van der Waals surface area (Å²) >= 11 is 0. The van der Waals surface area contributed by atoms with Gasteiger partial charge in [-0.2, -0.15) is 0 Å². The summed E-state index contributed by atoms with van der Waals surface area (Å²) in [6.07, 6.45) is 1.76. The number of nitrogens with zero attached hydrogens (tertiary/aromatic N) is 1. The SMILES string of the molecule is NC(=O)[C@H](NC1CCN(c2cccc(F)c2)CC1)c1ccccc1. The van der Waals surface area contributed by atoms with Crippen LogP contribution in [0.4, 0.5) is 10.1 Å². The second kappa shape index (κ2) is 7.45. The Morgan fingerprint density at radius 3 is 2.46 bits per heavy atom. The number of benzene rings is 2. The molecule has 0 radical (unpaired) electrons. The zero-order valence-electron chi connectivity index (χ0n) is 13.5. The zero-order valence-corrected chi connectivity index (χ0v) is 13.5. The summed E-state index contributed by atoms with van der Waals surface area (Å²) < 4.78 is 13.4. The predicted molar refractivity (Wildman–Crippen MR) is 93.1 cm³/mol. The second-order valence-electron chi connectivity index (χ2n) is 6.15. The Balaban J connectivity index is 1.61. The van der Waals surface area contributed by atoms with E-state index >= 15 is 0 Å². The van der Waals surface area contributed by atoms with Gasteiger partial charge in [-0.05, 0) is 36.6 Å². The van der Waals surface area contributed by atoms with Crippen LogP contribution in [0.3, 0.4) is 0 Å². The van der Waals surface area contributed by atoms with Gasteiger partial charge in [0, 0.05) is 24.8 Å². The number of anilines is 1. The van der Waals surface area contributed by atoms with Crippen LogP contribution in [0.15, 0.2) is 54.6 Å². The molecule has 3 rings (SSSR count). The van der Waals surface area contributed by atoms with Crippen molar-refractivity contribution >= 4 is 11.6 Å². The van der Waals surface area contributed by atoms with Gasteiger partial charge in [-0.1, -0.05) is 36.4 Å². The third-order valence-electron chi connectivity index (χ3n) is 4.49. The normalized spacial score (nSPS) is 16.8. The Labute approximate surface area is 141 Å². The Bertz CT molecular complexity index is 684. The van der Waals surface area contributed by atoms with Crippen LogP contribution < -0.4 is 16.0 Å². The molecule has 2 aromatic rings. The van der Waals surface area contributed by atoms with E-state index < -0.39 is 6.04 Å². The van der Waals surface area contributed by atoms with Crippen LogP contribution in [0.5, 0.6) is 0 Å². The molecule has 2 aromatic carbocycles. The van der Waals surface area contributed by atoms with Gasteiger partial charge in [-0.3, -0.25) is 10.1 Å². The van der Waals surface area contributed by atoms with E-state index in [1.165, 1.54) is 6.07 Å². The topological polar surface area (TPSA) is 58.4 Å². The molecule has 1 heterocycles. The molecule has 1 fully saturated rings. The summed E-state index contributed by atoms with van der Waals surface area (Å²) in [4.78, 5) is 14.0. The Morgan fingerprint density at radius 2 is 1.83 bits per heavy atom. The third-order valence-corrected chi connectivity index (χ3v) is 4.49. The molecular weight excluding hydrogens is 305 g/mol. The maximum absolute atomic E-state index is 13.4. The summed E-state index contributed by atoms with van der Waals surface area (Å²) in [6, 6.07) is 15.9. The molecule has 5 heteroatoms. The maximum Gasteiger partial charge on any atom is 0.239 e. The first-order valence-electron chi connectivity index (χ1n) is 8.24. The number of nitrogens with two attached hydrogens (primary N) is 1. The van der Waals surface area contributed by atoms with Gasteiger partial charge in [0.1, 0.15) is 11.9 Å². The molecule has 4 nitrogen and oxygen atoms in total. The Morgan fingerprint density at radius 1 is 1.12 bits per heavy atom. The number of rotatable bonds is 5. The van der Waals surface area contributed by atoms with Crippen molar-refractivity contribution in [3.63, 3.8) is 0 Å². The molecule has 1 aliphatic rings. The van der Waals surface area contributed by atoms with Crippen molar-refractivity contribution in [2.24, 2.45) is 5.73 Å². The monoisotopic (exact) mass is 327 g/mol. The predicted octanol–water partition coefficient (Wildman–Crippen LogP) is 2.61. The van der Waals surface area contributed by atoms with Crippen LogP contribution in [0.2, 0.25) is 0 Å². The van der Waals surface area contributed by atoms with Crippen LogP contribution in [-0.4, -0.2) is 25.0 Å². The summed E-state index contributed by atoms with van der Waals surface area (Å²) in [5.74, 6) is -0.584. The van der Waals surface area contributed by atoms with E-state index in [4.69, 9.17) is 5.73 Å². The maximum atomic E-state index is 13.4. The van der Waals surface area contributed by atoms with E-state index in [0.717, 1.165) is 37.2 Å². The van der Waals surface area contributed by atoms with Gasteiger partial charge in [0.25, 0.3) is 0 Å². The largest absolute Gasteiger partial charge is 0.371 e. The van der Waals surface area contributed by atoms with Crippen molar-refractivity contribution in [3.05, 3.63) is 66.0 Å². The molecule has 0 spiro atoms. The minimum atomic E-state index is -0.475. The van der Waals surface area contributed by atoms with E-state index in [2.05, 4.69) is 10.2 Å². The average molecular weight is 327 g/mol. The van der Waals surface area contributed by atoms with E-state index in [9.17, 15) is 9.18 Å². The number of nitrogens with one attached hydrogen (secondary N) is 1. The quantitative estimate of drug-likeness (QED) is 0.887. The fourth-order valence-corrected chi connectivity index (χ4v) is 3.20. The van der Waals surface area contributed by atoms with Crippen LogP contribution in [0.25, 0.3) is 0 Å². The van der Waals surface area contributed by atoms with Crippen molar-refractivity contribution in [2.75, 3.05) is 18.0 Å². The van der Waals surface area contributed by atoms with Crippen molar-refractivity contribution in [1.82, 2.24) is 5.32 Å². The molecule has 126 valence electrons. The number of carbonyl (C=O) groups is 1. The minimum absolute atomic E-state index is 0.215. The summed E-state index contributed by atoms with van der Waals surface area (Å²) in [5, 5.41) is 3.38. The number of carbonyl (C=O) groups excluding carboxylic acids is 1. The van der Waals surface area contributed by atoms with E-state index in [1.807, 2.05) is 36.4 Å². The first-order valence-corrected chi connectivity index (χ1v) is 8.24. The molecule has 1 amide bonds. The standard InChI is InChI=1S/C19H22FN3O/c20-15-7-4-8-17(13-15)23-11-9-16(10-12-23)22-18(19(21)24)14-5-2-1-3-6-14/h1-8,13,16,18,22H,9-12H2,(H2,21,24)/t18-/m1/s1. The molecular formula is C19H22FN3O. The lowest BCUT2D eigenvalue weighted by molar-refractivity contribution is -0.120. The highest BCUT2D eigenvalue weighted by Gasteiger charge is 2.25. The molecule has 0 unspecified atom stereocenters. The summed E-state index contributed by atoms with van der Waals surface area (Å²) in [7, 11) is 0. The lowest BCUT2D eigenvalue weighted by Gasteiger charge is -2.35. The molecule has 0 bridgehead atoms. The van der Waals surface area contributed by atoms with E-state index in [0.29, 0.717) is 0 Å². The average Bonchev–Trinajstić information content (AvgIpc) is 2.61. The van der Waals surface area contributed by atoms with Gasteiger partial charge >= 0.3 is 0 Å². The number of amides is 1. The number of hydrogen-bond acceptors (Lipinski definition) is 3. The summed E-state index contributed by atoms with van der Waals surface area (Å²) in [6.45, 7) is 1.64. The van der Waals surface area contributed by atoms with Crippen molar-refractivity contribution < 1.29 is 9.18 Å². The number of piperidine rings is 1. The first-order chi connectivity index (χ1) is 11.6. The van der Waals surface area contributed by atoms with Crippen molar-refractivity contribution in [1.29, 1.82) is 0 Å². The molecule has 1 atom stereocenters. The fraction of sp³-hybridized carbons (Fsp3) is 0.316. The number of primary amides is 1. The lowest BCUT2D eigenvalue weighted by Crippen LogP contribution is -2.46. The Hall–Kier alpha value is -2.40. The molecule has 0 aromatic heterocycles. The molecule has 1 aliphatic heterocycles. The lowest BCUT2D eigenvalue weighted by atomic mass is 10.00. The Kier molecular flexibility index (Phi) is 5.11. The molecule has 0 saturated carbocycles. The van der Waals surface area contributed by atoms with Gasteiger partial charge in [0.05, 0.1) is 0 Å². The van der Waals surface area contributed by atoms with Gasteiger partial charge in [0.15, 0.2) is 0 Å². The highest BCUT2D eigenvalue weighted by Crippen LogP contribution is 2.22. The third kappa shape index (κ3) is 3.92. The van der Waals surface area contributed by atoms with Gasteiger partial charge < -0.3 is 10.6 Å². The highest BCUT2D eigenvalue weighted by molar-refractivity contribution is 5.81. The second-order valence-corrected chi connectivity index (χ2v) is 6.15. The molecule has 1 saturated heterocycles. The van der Waals surface area contributed by atoms with Crippen molar-refractivity contribution in [2.45, 2.75) is 24.9 Å². The molecule has 0 aliphatic carbocycles. The molecule has 24 heavy (non-hydrogen) atoms. The zero-order chi connectivity index (χ0) is 16.9. The first kappa shape index (κ1) is 16.5.